The van der Waals surface area contributed by atoms with Crippen molar-refractivity contribution in [1.29, 1.82) is 0 Å². The van der Waals surface area contributed by atoms with Crippen LogP contribution in [0.25, 0.3) is 0 Å². The van der Waals surface area contributed by atoms with Gasteiger partial charge in [0.2, 0.25) is 11.8 Å². The summed E-state index contributed by atoms with van der Waals surface area (Å²) >= 11 is 0. The van der Waals surface area contributed by atoms with Gasteiger partial charge in [-0.2, -0.15) is 4.98 Å². The smallest absolute Gasteiger partial charge is 0.226 e. The number of ether oxygens (including phenoxy) is 1. The van der Waals surface area contributed by atoms with Gasteiger partial charge in [-0.05, 0) is 31.6 Å². The van der Waals surface area contributed by atoms with Gasteiger partial charge in [0.25, 0.3) is 0 Å². The normalized spacial score (nSPS) is 22.6. The summed E-state index contributed by atoms with van der Waals surface area (Å²) in [4.78, 5) is 8.77. The van der Waals surface area contributed by atoms with Gasteiger partial charge in [-0.25, -0.2) is 4.98 Å². The van der Waals surface area contributed by atoms with Crippen molar-refractivity contribution in [2.45, 2.75) is 52.5 Å². The predicted molar refractivity (Wildman–Crippen MR) is 73.0 cm³/mol. The van der Waals surface area contributed by atoms with Crippen LogP contribution in [0.5, 0.6) is 5.88 Å². The van der Waals surface area contributed by atoms with E-state index in [1.165, 1.54) is 25.7 Å². The highest BCUT2D eigenvalue weighted by Crippen LogP contribution is 2.36. The molecule has 1 aliphatic rings. The lowest BCUT2D eigenvalue weighted by atomic mass is 9.75. The highest BCUT2D eigenvalue weighted by molar-refractivity contribution is 5.31. The first kappa shape index (κ1) is 13.1. The summed E-state index contributed by atoms with van der Waals surface area (Å²) in [5, 5.41) is 3.45. The average Bonchev–Trinajstić information content (AvgIpc) is 2.26. The number of aryl methyl sites for hydroxylation is 1. The van der Waals surface area contributed by atoms with Crippen LogP contribution in [0, 0.1) is 12.3 Å². The molecule has 1 aromatic heterocycles. The minimum absolute atomic E-state index is 0.420. The van der Waals surface area contributed by atoms with E-state index in [4.69, 9.17) is 4.74 Å². The Morgan fingerprint density at radius 1 is 1.39 bits per heavy atom. The number of nitrogens with zero attached hydrogens (tertiary/aromatic N) is 2. The van der Waals surface area contributed by atoms with Crippen molar-refractivity contribution in [3.63, 3.8) is 0 Å². The van der Waals surface area contributed by atoms with Gasteiger partial charge in [0.15, 0.2) is 0 Å². The fourth-order valence-electron chi connectivity index (χ4n) is 2.71. The van der Waals surface area contributed by atoms with Gasteiger partial charge in [0.05, 0.1) is 7.11 Å². The van der Waals surface area contributed by atoms with Crippen molar-refractivity contribution < 1.29 is 4.74 Å². The number of aromatic nitrogens is 2. The van der Waals surface area contributed by atoms with Gasteiger partial charge in [0.1, 0.15) is 0 Å². The first-order valence-corrected chi connectivity index (χ1v) is 6.65. The molecule has 1 fully saturated rings. The van der Waals surface area contributed by atoms with Crippen LogP contribution in [0.15, 0.2) is 6.07 Å². The number of anilines is 1. The van der Waals surface area contributed by atoms with Crippen LogP contribution in [0.3, 0.4) is 0 Å². The summed E-state index contributed by atoms with van der Waals surface area (Å²) in [5.41, 5.74) is 1.35. The predicted octanol–water partition coefficient (Wildman–Crippen LogP) is 3.17. The first-order chi connectivity index (χ1) is 8.48. The van der Waals surface area contributed by atoms with Gasteiger partial charge < -0.3 is 10.1 Å². The Morgan fingerprint density at radius 3 is 2.83 bits per heavy atom. The number of methoxy groups -OCH3 is 1. The summed E-state index contributed by atoms with van der Waals surface area (Å²) in [6, 6.07) is 2.32. The van der Waals surface area contributed by atoms with E-state index in [2.05, 4.69) is 29.1 Å². The minimum Gasteiger partial charge on any atom is -0.481 e. The molecule has 1 aliphatic carbocycles. The number of nitrogens with one attached hydrogen (secondary N) is 1. The maximum Gasteiger partial charge on any atom is 0.226 e. The van der Waals surface area contributed by atoms with Gasteiger partial charge in [-0.15, -0.1) is 0 Å². The van der Waals surface area contributed by atoms with E-state index in [1.807, 2.05) is 13.0 Å². The van der Waals surface area contributed by atoms with Crippen molar-refractivity contribution in [3.8, 4) is 5.88 Å². The number of rotatable bonds is 3. The van der Waals surface area contributed by atoms with Crippen molar-refractivity contribution in [2.24, 2.45) is 5.41 Å². The molecule has 1 heterocycles. The second-order valence-corrected chi connectivity index (χ2v) is 5.98. The zero-order chi connectivity index (χ0) is 13.2. The van der Waals surface area contributed by atoms with E-state index >= 15 is 0 Å². The second-order valence-electron chi connectivity index (χ2n) is 5.98. The Morgan fingerprint density at radius 2 is 2.17 bits per heavy atom. The fraction of sp³-hybridized carbons (Fsp3) is 0.714. The third-order valence-corrected chi connectivity index (χ3v) is 3.58. The molecule has 0 radical (unpaired) electrons. The van der Waals surface area contributed by atoms with Crippen molar-refractivity contribution in [2.75, 3.05) is 12.4 Å². The molecule has 1 atom stereocenters. The molecular formula is C14H23N3O. The lowest BCUT2D eigenvalue weighted by Crippen LogP contribution is -2.32. The quantitative estimate of drug-likeness (QED) is 0.893. The molecule has 1 saturated carbocycles. The van der Waals surface area contributed by atoms with Crippen LogP contribution in [-0.4, -0.2) is 23.1 Å². The van der Waals surface area contributed by atoms with Gasteiger partial charge in [-0.1, -0.05) is 20.3 Å². The molecule has 2 rings (SSSR count). The maximum absolute atomic E-state index is 5.17. The third kappa shape index (κ3) is 3.34. The molecule has 0 aromatic carbocycles. The summed E-state index contributed by atoms with van der Waals surface area (Å²) in [5.74, 6) is 1.31. The van der Waals surface area contributed by atoms with Crippen LogP contribution in [-0.2, 0) is 0 Å². The molecule has 0 saturated heterocycles. The van der Waals surface area contributed by atoms with Crippen molar-refractivity contribution in [3.05, 3.63) is 11.8 Å². The molecule has 0 aliphatic heterocycles. The molecule has 1 aromatic rings. The van der Waals surface area contributed by atoms with Gasteiger partial charge >= 0.3 is 0 Å². The molecule has 0 spiro atoms. The van der Waals surface area contributed by atoms with Gasteiger partial charge in [-0.3, -0.25) is 0 Å². The Kier molecular flexibility index (Phi) is 3.73. The summed E-state index contributed by atoms with van der Waals surface area (Å²) < 4.78 is 5.17. The SMILES string of the molecule is COc1cc(C)nc(NC2CCCC(C)(C)C2)n1. The fourth-order valence-corrected chi connectivity index (χ4v) is 2.71. The number of hydrogen-bond donors (Lipinski definition) is 1. The third-order valence-electron chi connectivity index (χ3n) is 3.58. The summed E-state index contributed by atoms with van der Waals surface area (Å²) in [6.07, 6.45) is 4.95. The highest BCUT2D eigenvalue weighted by Gasteiger charge is 2.28. The zero-order valence-electron chi connectivity index (χ0n) is 11.8. The topological polar surface area (TPSA) is 47.0 Å². The van der Waals surface area contributed by atoms with E-state index < -0.39 is 0 Å². The minimum atomic E-state index is 0.420. The van der Waals surface area contributed by atoms with E-state index in [-0.39, 0.29) is 0 Å². The standard InChI is InChI=1S/C14H23N3O/c1-10-8-12(18-4)17-13(15-10)16-11-6-5-7-14(2,3)9-11/h8,11H,5-7,9H2,1-4H3,(H,15,16,17). The molecule has 0 amide bonds. The van der Waals surface area contributed by atoms with Gasteiger partial charge in [0, 0.05) is 17.8 Å². The first-order valence-electron chi connectivity index (χ1n) is 6.65. The van der Waals surface area contributed by atoms with Crippen LogP contribution >= 0.6 is 0 Å². The lowest BCUT2D eigenvalue weighted by Gasteiger charge is -2.35. The number of hydrogen-bond acceptors (Lipinski definition) is 4. The van der Waals surface area contributed by atoms with Crippen molar-refractivity contribution >= 4 is 5.95 Å². The Labute approximate surface area is 109 Å². The van der Waals surface area contributed by atoms with Crippen LogP contribution < -0.4 is 10.1 Å². The van der Waals surface area contributed by atoms with Crippen LogP contribution in [0.2, 0.25) is 0 Å². The molecule has 18 heavy (non-hydrogen) atoms. The molecule has 1 unspecified atom stereocenters. The Bertz CT molecular complexity index is 418. The van der Waals surface area contributed by atoms with E-state index in [1.54, 1.807) is 7.11 Å². The molecule has 4 heteroatoms. The maximum atomic E-state index is 5.17. The lowest BCUT2D eigenvalue weighted by molar-refractivity contribution is 0.229. The largest absolute Gasteiger partial charge is 0.481 e. The van der Waals surface area contributed by atoms with Crippen LogP contribution in [0.4, 0.5) is 5.95 Å². The molecular weight excluding hydrogens is 226 g/mol. The van der Waals surface area contributed by atoms with E-state index in [9.17, 15) is 0 Å². The Balaban J connectivity index is 2.07. The van der Waals surface area contributed by atoms with Crippen LogP contribution in [0.1, 0.15) is 45.2 Å². The second kappa shape index (κ2) is 5.12. The summed E-state index contributed by atoms with van der Waals surface area (Å²) in [6.45, 7) is 6.62. The summed E-state index contributed by atoms with van der Waals surface area (Å²) in [7, 11) is 1.63. The zero-order valence-corrected chi connectivity index (χ0v) is 11.8. The average molecular weight is 249 g/mol. The monoisotopic (exact) mass is 249 g/mol. The molecule has 1 N–H and O–H groups in total. The van der Waals surface area contributed by atoms with E-state index in [0.29, 0.717) is 23.3 Å². The molecule has 4 nitrogen and oxygen atoms in total. The van der Waals surface area contributed by atoms with E-state index in [0.717, 1.165) is 5.69 Å². The highest BCUT2D eigenvalue weighted by atomic mass is 16.5. The molecule has 0 bridgehead atoms. The molecule has 100 valence electrons. The Hall–Kier alpha value is -1.32. The van der Waals surface area contributed by atoms with Crippen molar-refractivity contribution in [1.82, 2.24) is 9.97 Å².